The van der Waals surface area contributed by atoms with Gasteiger partial charge in [0.1, 0.15) is 0 Å². The topological polar surface area (TPSA) is 40.5 Å². The number of nitrogens with zero attached hydrogens (tertiary/aromatic N) is 1. The Balaban J connectivity index is 2.50. The van der Waals surface area contributed by atoms with Crippen LogP contribution in [0.2, 0.25) is 0 Å². The molecular weight excluding hydrogens is 238 g/mol. The van der Waals surface area contributed by atoms with E-state index >= 15 is 0 Å². The van der Waals surface area contributed by atoms with Gasteiger partial charge in [0.05, 0.1) is 5.69 Å². The smallest absolute Gasteiger partial charge is 0.264 e. The number of anilines is 1. The van der Waals surface area contributed by atoms with Crippen molar-refractivity contribution in [1.29, 1.82) is 0 Å². The predicted octanol–water partition coefficient (Wildman–Crippen LogP) is 2.84. The number of benzene rings is 1. The molecule has 0 spiro atoms. The molecule has 0 saturated carbocycles. The highest BCUT2D eigenvalue weighted by Gasteiger charge is 2.49. The van der Waals surface area contributed by atoms with Crippen LogP contribution in [0.4, 0.5) is 5.69 Å². The maximum absolute atomic E-state index is 12.6. The maximum atomic E-state index is 12.6. The van der Waals surface area contributed by atoms with Crippen LogP contribution in [0.25, 0.3) is 0 Å². The Labute approximate surface area is 114 Å². The summed E-state index contributed by atoms with van der Waals surface area (Å²) in [5.41, 5.74) is 0.0159. The van der Waals surface area contributed by atoms with Gasteiger partial charge in [0.15, 0.2) is 5.60 Å². The van der Waals surface area contributed by atoms with E-state index in [9.17, 15) is 9.90 Å². The molecule has 1 aliphatic rings. The standard InChI is InChI=1S/C16H21NO2/c1-5-10-16(19)12-8-6-7-9-13(12)17(14(16)18)11-15(2,3)4/h5-9,19H,1,10-11H2,2-4H3/t16-/m1/s1. The summed E-state index contributed by atoms with van der Waals surface area (Å²) in [6, 6.07) is 7.45. The summed E-state index contributed by atoms with van der Waals surface area (Å²) in [6.07, 6.45) is 1.83. The molecule has 0 aromatic heterocycles. The van der Waals surface area contributed by atoms with Crippen LogP contribution >= 0.6 is 0 Å². The minimum Gasteiger partial charge on any atom is -0.375 e. The molecule has 0 fully saturated rings. The number of carbonyl (C=O) groups is 1. The second-order valence-electron chi connectivity index (χ2n) is 6.32. The molecule has 0 bridgehead atoms. The summed E-state index contributed by atoms with van der Waals surface area (Å²) in [7, 11) is 0. The van der Waals surface area contributed by atoms with E-state index in [1.54, 1.807) is 11.0 Å². The first kappa shape index (κ1) is 13.8. The second-order valence-corrected chi connectivity index (χ2v) is 6.32. The number of para-hydroxylation sites is 1. The molecule has 1 aromatic rings. The van der Waals surface area contributed by atoms with Crippen LogP contribution in [0.15, 0.2) is 36.9 Å². The van der Waals surface area contributed by atoms with Gasteiger partial charge in [-0.3, -0.25) is 4.79 Å². The number of hydrogen-bond acceptors (Lipinski definition) is 2. The van der Waals surface area contributed by atoms with Crippen molar-refractivity contribution < 1.29 is 9.90 Å². The zero-order valence-electron chi connectivity index (χ0n) is 11.8. The van der Waals surface area contributed by atoms with E-state index in [4.69, 9.17) is 0 Å². The predicted molar refractivity (Wildman–Crippen MR) is 77.0 cm³/mol. The van der Waals surface area contributed by atoms with Crippen LogP contribution in [0.5, 0.6) is 0 Å². The van der Waals surface area contributed by atoms with E-state index in [-0.39, 0.29) is 17.7 Å². The van der Waals surface area contributed by atoms with Gasteiger partial charge in [-0.1, -0.05) is 45.0 Å². The van der Waals surface area contributed by atoms with E-state index in [0.29, 0.717) is 12.1 Å². The molecule has 1 aliphatic heterocycles. The Morgan fingerprint density at radius 1 is 1.37 bits per heavy atom. The monoisotopic (exact) mass is 259 g/mol. The normalized spacial score (nSPS) is 22.5. The SMILES string of the molecule is C=CC[C@]1(O)C(=O)N(CC(C)(C)C)c2ccccc21. The minimum absolute atomic E-state index is 0.0256. The van der Waals surface area contributed by atoms with Crippen molar-refractivity contribution >= 4 is 11.6 Å². The molecular formula is C16H21NO2. The highest BCUT2D eigenvalue weighted by Crippen LogP contribution is 2.43. The molecule has 0 radical (unpaired) electrons. The average molecular weight is 259 g/mol. The molecule has 102 valence electrons. The van der Waals surface area contributed by atoms with Gasteiger partial charge in [-0.05, 0) is 11.5 Å². The summed E-state index contributed by atoms with van der Waals surface area (Å²) >= 11 is 0. The quantitative estimate of drug-likeness (QED) is 0.848. The first-order chi connectivity index (χ1) is 8.79. The third kappa shape index (κ3) is 2.30. The Bertz CT molecular complexity index is 516. The van der Waals surface area contributed by atoms with Gasteiger partial charge in [-0.15, -0.1) is 6.58 Å². The van der Waals surface area contributed by atoms with Crippen molar-refractivity contribution in [2.45, 2.75) is 32.8 Å². The lowest BCUT2D eigenvalue weighted by Crippen LogP contribution is -2.43. The zero-order valence-corrected chi connectivity index (χ0v) is 11.8. The lowest BCUT2D eigenvalue weighted by atomic mass is 9.92. The van der Waals surface area contributed by atoms with Gasteiger partial charge in [-0.2, -0.15) is 0 Å². The van der Waals surface area contributed by atoms with Gasteiger partial charge in [-0.25, -0.2) is 0 Å². The fourth-order valence-electron chi connectivity index (χ4n) is 2.54. The van der Waals surface area contributed by atoms with Crippen molar-refractivity contribution in [3.05, 3.63) is 42.5 Å². The van der Waals surface area contributed by atoms with Gasteiger partial charge >= 0.3 is 0 Å². The average Bonchev–Trinajstić information content (AvgIpc) is 2.52. The van der Waals surface area contributed by atoms with Crippen molar-refractivity contribution in [3.8, 4) is 0 Å². The molecule has 1 heterocycles. The summed E-state index contributed by atoms with van der Waals surface area (Å²) in [6.45, 7) is 10.5. The minimum atomic E-state index is -1.45. The third-order valence-electron chi connectivity index (χ3n) is 3.31. The number of amides is 1. The van der Waals surface area contributed by atoms with Crippen LogP contribution < -0.4 is 4.90 Å². The first-order valence-corrected chi connectivity index (χ1v) is 6.54. The van der Waals surface area contributed by atoms with Crippen LogP contribution in [0, 0.1) is 5.41 Å². The van der Waals surface area contributed by atoms with Crippen LogP contribution in [0.3, 0.4) is 0 Å². The van der Waals surface area contributed by atoms with Crippen molar-refractivity contribution in [1.82, 2.24) is 0 Å². The third-order valence-corrected chi connectivity index (χ3v) is 3.31. The largest absolute Gasteiger partial charge is 0.375 e. The highest BCUT2D eigenvalue weighted by molar-refractivity contribution is 6.07. The summed E-state index contributed by atoms with van der Waals surface area (Å²) in [5.74, 6) is -0.247. The Morgan fingerprint density at radius 2 is 2.00 bits per heavy atom. The Morgan fingerprint density at radius 3 is 2.58 bits per heavy atom. The lowest BCUT2D eigenvalue weighted by Gasteiger charge is -2.28. The number of aliphatic hydroxyl groups is 1. The summed E-state index contributed by atoms with van der Waals surface area (Å²) in [5, 5.41) is 10.7. The molecule has 2 rings (SSSR count). The molecule has 0 unspecified atom stereocenters. The van der Waals surface area contributed by atoms with E-state index < -0.39 is 5.60 Å². The van der Waals surface area contributed by atoms with E-state index in [0.717, 1.165) is 5.69 Å². The molecule has 1 atom stereocenters. The molecule has 19 heavy (non-hydrogen) atoms. The van der Waals surface area contributed by atoms with Crippen molar-refractivity contribution in [2.24, 2.45) is 5.41 Å². The molecule has 1 N–H and O–H groups in total. The van der Waals surface area contributed by atoms with Crippen LogP contribution in [-0.2, 0) is 10.4 Å². The first-order valence-electron chi connectivity index (χ1n) is 6.54. The number of rotatable bonds is 3. The molecule has 1 aromatic carbocycles. The number of carbonyl (C=O) groups excluding carboxylic acids is 1. The van der Waals surface area contributed by atoms with Gasteiger partial charge in [0.2, 0.25) is 0 Å². The molecule has 3 heteroatoms. The molecule has 0 aliphatic carbocycles. The van der Waals surface area contributed by atoms with Crippen LogP contribution in [-0.4, -0.2) is 17.6 Å². The van der Waals surface area contributed by atoms with Crippen molar-refractivity contribution in [3.63, 3.8) is 0 Å². The van der Waals surface area contributed by atoms with Gasteiger partial charge in [0, 0.05) is 18.5 Å². The Kier molecular flexibility index (Phi) is 3.27. The van der Waals surface area contributed by atoms with E-state index in [1.165, 1.54) is 0 Å². The fraction of sp³-hybridized carbons (Fsp3) is 0.438. The van der Waals surface area contributed by atoms with Crippen molar-refractivity contribution in [2.75, 3.05) is 11.4 Å². The fourth-order valence-corrected chi connectivity index (χ4v) is 2.54. The molecule has 1 amide bonds. The molecule has 3 nitrogen and oxygen atoms in total. The molecule has 0 saturated heterocycles. The van der Waals surface area contributed by atoms with Gasteiger partial charge < -0.3 is 10.0 Å². The second kappa shape index (κ2) is 4.49. The maximum Gasteiger partial charge on any atom is 0.264 e. The van der Waals surface area contributed by atoms with E-state index in [2.05, 4.69) is 27.4 Å². The summed E-state index contributed by atoms with van der Waals surface area (Å²) in [4.78, 5) is 14.3. The lowest BCUT2D eigenvalue weighted by molar-refractivity contribution is -0.136. The summed E-state index contributed by atoms with van der Waals surface area (Å²) < 4.78 is 0. The number of fused-ring (bicyclic) bond motifs is 1. The Hall–Kier alpha value is -1.61. The van der Waals surface area contributed by atoms with E-state index in [1.807, 2.05) is 24.3 Å². The number of hydrogen-bond donors (Lipinski definition) is 1. The van der Waals surface area contributed by atoms with Gasteiger partial charge in [0.25, 0.3) is 5.91 Å². The van der Waals surface area contributed by atoms with Crippen LogP contribution in [0.1, 0.15) is 32.8 Å². The highest BCUT2D eigenvalue weighted by atomic mass is 16.3. The zero-order chi connectivity index (χ0) is 14.3.